The number of furan rings is 1. The average molecular weight is 383 g/mol. The van der Waals surface area contributed by atoms with Crippen molar-refractivity contribution in [2.75, 3.05) is 5.32 Å². The third-order valence-corrected chi connectivity index (χ3v) is 4.60. The number of rotatable bonds is 5. The lowest BCUT2D eigenvalue weighted by Crippen LogP contribution is -2.35. The molecule has 28 heavy (non-hydrogen) atoms. The number of carbonyl (C=O) groups excluding carboxylic acids is 2. The van der Waals surface area contributed by atoms with Gasteiger partial charge in [-0.05, 0) is 55.3 Å². The summed E-state index contributed by atoms with van der Waals surface area (Å²) in [6.07, 6.45) is 0. The molecule has 0 saturated carbocycles. The highest BCUT2D eigenvalue weighted by Gasteiger charge is 2.25. The van der Waals surface area contributed by atoms with Gasteiger partial charge in [-0.15, -0.1) is 0 Å². The van der Waals surface area contributed by atoms with Gasteiger partial charge < -0.3 is 20.8 Å². The van der Waals surface area contributed by atoms with Crippen molar-refractivity contribution in [2.45, 2.75) is 26.8 Å². The van der Waals surface area contributed by atoms with Crippen molar-refractivity contribution < 1.29 is 18.4 Å². The standard InChI is InChI=1S/C21H22FN3O3/c1-11(2)18(19-12(3)16-10-14(22)6-9-17(16)28-19)25-21(27)24-15-7-4-13(5-8-15)20(23)26/h4-11,18H,1-3H3,(H2,23,26)(H2,24,25,27). The fourth-order valence-corrected chi connectivity index (χ4v) is 3.07. The summed E-state index contributed by atoms with van der Waals surface area (Å²) in [5.74, 6) is -0.247. The lowest BCUT2D eigenvalue weighted by molar-refractivity contribution is 0.100. The van der Waals surface area contributed by atoms with E-state index in [4.69, 9.17) is 10.2 Å². The van der Waals surface area contributed by atoms with Crippen LogP contribution in [0.1, 0.15) is 41.6 Å². The summed E-state index contributed by atoms with van der Waals surface area (Å²) in [5, 5.41) is 6.31. The van der Waals surface area contributed by atoms with E-state index < -0.39 is 18.0 Å². The van der Waals surface area contributed by atoms with Crippen LogP contribution in [0, 0.1) is 18.7 Å². The molecule has 0 bridgehead atoms. The van der Waals surface area contributed by atoms with Crippen molar-refractivity contribution in [1.82, 2.24) is 5.32 Å². The maximum absolute atomic E-state index is 13.6. The Balaban J connectivity index is 1.80. The van der Waals surface area contributed by atoms with Crippen molar-refractivity contribution in [2.24, 2.45) is 11.7 Å². The Morgan fingerprint density at radius 3 is 2.39 bits per heavy atom. The van der Waals surface area contributed by atoms with Gasteiger partial charge in [0, 0.05) is 22.2 Å². The average Bonchev–Trinajstić information content (AvgIpc) is 2.96. The Labute approximate surface area is 161 Å². The van der Waals surface area contributed by atoms with Gasteiger partial charge in [-0.3, -0.25) is 4.79 Å². The Morgan fingerprint density at radius 1 is 1.11 bits per heavy atom. The van der Waals surface area contributed by atoms with Gasteiger partial charge in [-0.2, -0.15) is 0 Å². The lowest BCUT2D eigenvalue weighted by Gasteiger charge is -2.21. The number of nitrogens with two attached hydrogens (primary N) is 1. The molecule has 0 aliphatic carbocycles. The van der Waals surface area contributed by atoms with Crippen LogP contribution in [0.4, 0.5) is 14.9 Å². The first-order valence-electron chi connectivity index (χ1n) is 8.92. The number of halogens is 1. The van der Waals surface area contributed by atoms with E-state index in [1.165, 1.54) is 24.3 Å². The minimum Gasteiger partial charge on any atom is -0.459 e. The molecule has 0 aliphatic heterocycles. The summed E-state index contributed by atoms with van der Waals surface area (Å²) >= 11 is 0. The number of carbonyl (C=O) groups is 2. The van der Waals surface area contributed by atoms with E-state index in [0.29, 0.717) is 28.0 Å². The molecular formula is C21H22FN3O3. The largest absolute Gasteiger partial charge is 0.459 e. The number of anilines is 1. The molecule has 1 atom stereocenters. The van der Waals surface area contributed by atoms with Crippen molar-refractivity contribution >= 4 is 28.6 Å². The summed E-state index contributed by atoms with van der Waals surface area (Å²) in [6, 6.07) is 9.80. The molecule has 0 fully saturated rings. The van der Waals surface area contributed by atoms with Gasteiger partial charge in [0.05, 0.1) is 6.04 Å². The maximum Gasteiger partial charge on any atom is 0.319 e. The zero-order valence-electron chi connectivity index (χ0n) is 15.9. The molecule has 6 nitrogen and oxygen atoms in total. The molecule has 7 heteroatoms. The second-order valence-corrected chi connectivity index (χ2v) is 6.99. The van der Waals surface area contributed by atoms with Crippen LogP contribution >= 0.6 is 0 Å². The summed E-state index contributed by atoms with van der Waals surface area (Å²) in [6.45, 7) is 5.76. The van der Waals surface area contributed by atoms with E-state index in [-0.39, 0.29) is 11.7 Å². The molecule has 3 rings (SSSR count). The van der Waals surface area contributed by atoms with Crippen molar-refractivity contribution in [3.63, 3.8) is 0 Å². The molecule has 1 unspecified atom stereocenters. The van der Waals surface area contributed by atoms with Crippen LogP contribution < -0.4 is 16.4 Å². The predicted octanol–water partition coefficient (Wildman–Crippen LogP) is 4.50. The van der Waals surface area contributed by atoms with Gasteiger partial charge in [-0.25, -0.2) is 9.18 Å². The molecular weight excluding hydrogens is 361 g/mol. The molecule has 0 spiro atoms. The Kier molecular flexibility index (Phi) is 5.35. The SMILES string of the molecule is Cc1c(C(NC(=O)Nc2ccc(C(N)=O)cc2)C(C)C)oc2ccc(F)cc12. The minimum atomic E-state index is -0.535. The van der Waals surface area contributed by atoms with Gasteiger partial charge in [0.15, 0.2) is 0 Å². The van der Waals surface area contributed by atoms with E-state index in [0.717, 1.165) is 5.56 Å². The van der Waals surface area contributed by atoms with Crippen molar-refractivity contribution in [1.29, 1.82) is 0 Å². The zero-order valence-corrected chi connectivity index (χ0v) is 15.9. The number of benzene rings is 2. The first kappa shape index (κ1) is 19.4. The van der Waals surface area contributed by atoms with E-state index in [1.54, 1.807) is 18.2 Å². The van der Waals surface area contributed by atoms with E-state index >= 15 is 0 Å². The van der Waals surface area contributed by atoms with Crippen LogP contribution in [-0.4, -0.2) is 11.9 Å². The number of hydrogen-bond donors (Lipinski definition) is 3. The Hall–Kier alpha value is -3.35. The normalized spacial score (nSPS) is 12.2. The number of nitrogens with one attached hydrogen (secondary N) is 2. The molecule has 0 saturated heterocycles. The highest BCUT2D eigenvalue weighted by Crippen LogP contribution is 2.33. The summed E-state index contributed by atoms with van der Waals surface area (Å²) < 4.78 is 19.5. The summed E-state index contributed by atoms with van der Waals surface area (Å²) in [4.78, 5) is 23.6. The number of primary amides is 1. The molecule has 1 heterocycles. The summed E-state index contributed by atoms with van der Waals surface area (Å²) in [7, 11) is 0. The molecule has 3 aromatic rings. The fourth-order valence-electron chi connectivity index (χ4n) is 3.07. The molecule has 2 aromatic carbocycles. The molecule has 3 amide bonds. The molecule has 4 N–H and O–H groups in total. The number of urea groups is 1. The van der Waals surface area contributed by atoms with Gasteiger partial charge >= 0.3 is 6.03 Å². The van der Waals surface area contributed by atoms with Crippen LogP contribution in [-0.2, 0) is 0 Å². The molecule has 0 radical (unpaired) electrons. The number of amides is 3. The third kappa shape index (κ3) is 3.98. The van der Waals surface area contributed by atoms with Crippen LogP contribution in [0.2, 0.25) is 0 Å². The summed E-state index contributed by atoms with van der Waals surface area (Å²) in [5.41, 5.74) is 7.45. The second-order valence-electron chi connectivity index (χ2n) is 6.99. The first-order valence-corrected chi connectivity index (χ1v) is 8.92. The first-order chi connectivity index (χ1) is 13.3. The fraction of sp³-hybridized carbons (Fsp3) is 0.238. The van der Waals surface area contributed by atoms with Crippen LogP contribution in [0.15, 0.2) is 46.9 Å². The lowest BCUT2D eigenvalue weighted by atomic mass is 9.98. The topological polar surface area (TPSA) is 97.4 Å². The van der Waals surface area contributed by atoms with Crippen LogP contribution in [0.5, 0.6) is 0 Å². The van der Waals surface area contributed by atoms with Gasteiger partial charge in [0.25, 0.3) is 0 Å². The highest BCUT2D eigenvalue weighted by molar-refractivity contribution is 5.94. The quantitative estimate of drug-likeness (QED) is 0.605. The Morgan fingerprint density at radius 2 is 1.79 bits per heavy atom. The molecule has 146 valence electrons. The number of fused-ring (bicyclic) bond motifs is 1. The van der Waals surface area contributed by atoms with Crippen LogP contribution in [0.25, 0.3) is 11.0 Å². The van der Waals surface area contributed by atoms with Gasteiger partial charge in [-0.1, -0.05) is 13.8 Å². The monoisotopic (exact) mass is 383 g/mol. The van der Waals surface area contributed by atoms with Crippen molar-refractivity contribution in [3.05, 3.63) is 65.2 Å². The second kappa shape index (κ2) is 7.72. The predicted molar refractivity (Wildman–Crippen MR) is 106 cm³/mol. The zero-order chi connectivity index (χ0) is 20.4. The Bertz CT molecular complexity index is 1030. The van der Waals surface area contributed by atoms with Gasteiger partial charge in [0.2, 0.25) is 5.91 Å². The third-order valence-electron chi connectivity index (χ3n) is 4.60. The molecule has 0 aliphatic rings. The smallest absolute Gasteiger partial charge is 0.319 e. The number of hydrogen-bond acceptors (Lipinski definition) is 3. The van der Waals surface area contributed by atoms with Gasteiger partial charge in [0.1, 0.15) is 17.2 Å². The maximum atomic E-state index is 13.6. The number of aryl methyl sites for hydroxylation is 1. The van der Waals surface area contributed by atoms with E-state index in [9.17, 15) is 14.0 Å². The van der Waals surface area contributed by atoms with E-state index in [1.807, 2.05) is 20.8 Å². The van der Waals surface area contributed by atoms with Crippen LogP contribution in [0.3, 0.4) is 0 Å². The van der Waals surface area contributed by atoms with E-state index in [2.05, 4.69) is 10.6 Å². The molecule has 1 aromatic heterocycles. The highest BCUT2D eigenvalue weighted by atomic mass is 19.1. The minimum absolute atomic E-state index is 0.0343. The van der Waals surface area contributed by atoms with Crippen molar-refractivity contribution in [3.8, 4) is 0 Å².